The van der Waals surface area contributed by atoms with Crippen LogP contribution < -0.4 is 14.4 Å². The Kier molecular flexibility index (Phi) is 6.31. The van der Waals surface area contributed by atoms with E-state index >= 15 is 0 Å². The smallest absolute Gasteiger partial charge is 0.282 e. The Morgan fingerprint density at radius 2 is 1.68 bits per heavy atom. The van der Waals surface area contributed by atoms with Crippen molar-refractivity contribution in [2.24, 2.45) is 0 Å². The van der Waals surface area contributed by atoms with E-state index in [1.165, 1.54) is 21.6 Å². The van der Waals surface area contributed by atoms with E-state index in [0.29, 0.717) is 18.3 Å². The zero-order chi connectivity index (χ0) is 20.1. The minimum Gasteiger partial charge on any atom is -0.493 e. The molecule has 3 rings (SSSR count). The number of aryl methyl sites for hydroxylation is 2. The van der Waals surface area contributed by atoms with Crippen molar-refractivity contribution in [3.05, 3.63) is 59.0 Å². The highest BCUT2D eigenvalue weighted by Gasteiger charge is 2.16. The van der Waals surface area contributed by atoms with Gasteiger partial charge in [-0.1, -0.05) is 36.3 Å². The third-order valence-electron chi connectivity index (χ3n) is 4.88. The fourth-order valence-electron chi connectivity index (χ4n) is 3.19. The molecule has 0 fully saturated rings. The molecule has 28 heavy (non-hydrogen) atoms. The molecule has 0 aliphatic carbocycles. The number of methoxy groups -OCH3 is 2. The predicted octanol–water partition coefficient (Wildman–Crippen LogP) is 2.84. The first-order chi connectivity index (χ1) is 13.5. The lowest BCUT2D eigenvalue weighted by Crippen LogP contribution is -3.06. The molecule has 0 aliphatic heterocycles. The van der Waals surface area contributed by atoms with Crippen molar-refractivity contribution in [3.63, 3.8) is 0 Å². The maximum Gasteiger partial charge on any atom is 0.282 e. The Bertz CT molecular complexity index is 919. The van der Waals surface area contributed by atoms with Gasteiger partial charge in [0.1, 0.15) is 6.54 Å². The third-order valence-corrected chi connectivity index (χ3v) is 4.88. The Balaban J connectivity index is 1.68. The molecule has 1 unspecified atom stereocenters. The minimum absolute atomic E-state index is 0.630. The van der Waals surface area contributed by atoms with E-state index in [4.69, 9.17) is 14.0 Å². The first-order valence-corrected chi connectivity index (χ1v) is 9.48. The number of benzene rings is 2. The Hall–Kier alpha value is -2.86. The molecule has 0 saturated heterocycles. The van der Waals surface area contributed by atoms with Gasteiger partial charge in [0.25, 0.3) is 5.89 Å². The van der Waals surface area contributed by atoms with Gasteiger partial charge in [-0.15, -0.1) is 0 Å². The highest BCUT2D eigenvalue weighted by Crippen LogP contribution is 2.29. The van der Waals surface area contributed by atoms with Crippen molar-refractivity contribution in [1.82, 2.24) is 10.1 Å². The molecular weight excluding hydrogens is 354 g/mol. The lowest BCUT2D eigenvalue weighted by Gasteiger charge is -2.16. The fourth-order valence-corrected chi connectivity index (χ4v) is 3.19. The number of rotatable bonds is 8. The molecular formula is C22H28N3O3+. The molecule has 0 aliphatic rings. The summed E-state index contributed by atoms with van der Waals surface area (Å²) in [4.78, 5) is 5.80. The van der Waals surface area contributed by atoms with E-state index in [1.807, 2.05) is 24.3 Å². The molecule has 148 valence electrons. The summed E-state index contributed by atoms with van der Waals surface area (Å²) in [5.41, 5.74) is 4.63. The van der Waals surface area contributed by atoms with Crippen LogP contribution >= 0.6 is 0 Å². The van der Waals surface area contributed by atoms with Gasteiger partial charge >= 0.3 is 0 Å². The maximum atomic E-state index is 5.47. The molecule has 0 radical (unpaired) electrons. The highest BCUT2D eigenvalue weighted by atomic mass is 16.5. The van der Waals surface area contributed by atoms with E-state index in [-0.39, 0.29) is 0 Å². The zero-order valence-electron chi connectivity index (χ0n) is 17.2. The number of nitrogens with zero attached hydrogens (tertiary/aromatic N) is 2. The van der Waals surface area contributed by atoms with Gasteiger partial charge in [0, 0.05) is 11.1 Å². The van der Waals surface area contributed by atoms with Crippen molar-refractivity contribution >= 4 is 0 Å². The van der Waals surface area contributed by atoms with Gasteiger partial charge in [-0.2, -0.15) is 4.98 Å². The average Bonchev–Trinajstić information content (AvgIpc) is 3.17. The van der Waals surface area contributed by atoms with Crippen LogP contribution in [0.25, 0.3) is 11.4 Å². The molecule has 1 aromatic heterocycles. The monoisotopic (exact) mass is 382 g/mol. The molecule has 0 amide bonds. The maximum absolute atomic E-state index is 5.47. The molecule has 6 nitrogen and oxygen atoms in total. The molecule has 1 heterocycles. The summed E-state index contributed by atoms with van der Waals surface area (Å²) in [6.07, 6.45) is 1.02. The summed E-state index contributed by atoms with van der Waals surface area (Å²) in [5.74, 6) is 2.75. The second-order valence-corrected chi connectivity index (χ2v) is 7.01. The number of ether oxygens (including phenoxy) is 2. The molecule has 0 saturated carbocycles. The van der Waals surface area contributed by atoms with Crippen LogP contribution in [0.2, 0.25) is 0 Å². The van der Waals surface area contributed by atoms with Crippen LogP contribution in [0, 0.1) is 6.92 Å². The van der Waals surface area contributed by atoms with Crippen LogP contribution in [0.1, 0.15) is 29.5 Å². The Morgan fingerprint density at radius 1 is 1.00 bits per heavy atom. The SMILES string of the molecule is CCc1ccc(-c2noc(C[NH+](C)Cc3cc(OC)c(OC)cc3C)n2)cc1. The second kappa shape index (κ2) is 8.89. The van der Waals surface area contributed by atoms with Crippen LogP contribution in [-0.4, -0.2) is 31.4 Å². The van der Waals surface area contributed by atoms with Crippen molar-refractivity contribution < 1.29 is 18.9 Å². The molecule has 1 atom stereocenters. The lowest BCUT2D eigenvalue weighted by molar-refractivity contribution is -0.909. The quantitative estimate of drug-likeness (QED) is 0.649. The summed E-state index contributed by atoms with van der Waals surface area (Å²) >= 11 is 0. The van der Waals surface area contributed by atoms with Gasteiger partial charge in [0.05, 0.1) is 21.3 Å². The van der Waals surface area contributed by atoms with E-state index in [2.05, 4.69) is 43.2 Å². The number of hydrogen-bond donors (Lipinski definition) is 1. The van der Waals surface area contributed by atoms with Crippen LogP contribution in [0.15, 0.2) is 40.9 Å². The number of quaternary nitrogens is 1. The van der Waals surface area contributed by atoms with Crippen LogP contribution in [0.4, 0.5) is 0 Å². The van der Waals surface area contributed by atoms with Gasteiger partial charge in [0.15, 0.2) is 18.0 Å². The minimum atomic E-state index is 0.630. The zero-order valence-corrected chi connectivity index (χ0v) is 17.2. The normalized spacial score (nSPS) is 12.0. The molecule has 0 bridgehead atoms. The average molecular weight is 382 g/mol. The molecule has 1 N–H and O–H groups in total. The van der Waals surface area contributed by atoms with Crippen molar-refractivity contribution in [1.29, 1.82) is 0 Å². The third kappa shape index (κ3) is 4.51. The topological polar surface area (TPSA) is 61.8 Å². The van der Waals surface area contributed by atoms with E-state index in [9.17, 15) is 0 Å². The number of nitrogens with one attached hydrogen (secondary N) is 1. The van der Waals surface area contributed by atoms with Crippen LogP contribution in [0.3, 0.4) is 0 Å². The summed E-state index contributed by atoms with van der Waals surface area (Å²) in [7, 11) is 5.41. The van der Waals surface area contributed by atoms with Gasteiger partial charge in [-0.25, -0.2) is 0 Å². The fraction of sp³-hybridized carbons (Fsp3) is 0.364. The summed E-state index contributed by atoms with van der Waals surface area (Å²) in [6, 6.07) is 12.3. The molecule has 2 aromatic carbocycles. The van der Waals surface area contributed by atoms with Crippen molar-refractivity contribution in [2.75, 3.05) is 21.3 Å². The Morgan fingerprint density at radius 3 is 2.32 bits per heavy atom. The predicted molar refractivity (Wildman–Crippen MR) is 108 cm³/mol. The van der Waals surface area contributed by atoms with Crippen molar-refractivity contribution in [2.45, 2.75) is 33.4 Å². The lowest BCUT2D eigenvalue weighted by atomic mass is 10.1. The van der Waals surface area contributed by atoms with Crippen LogP contribution in [0.5, 0.6) is 11.5 Å². The molecule has 3 aromatic rings. The van der Waals surface area contributed by atoms with Gasteiger partial charge in [0.2, 0.25) is 5.82 Å². The number of aromatic nitrogens is 2. The first-order valence-electron chi connectivity index (χ1n) is 9.48. The van der Waals surface area contributed by atoms with Crippen LogP contribution in [-0.2, 0) is 19.5 Å². The van der Waals surface area contributed by atoms with Gasteiger partial charge < -0.3 is 18.9 Å². The standard InChI is InChI=1S/C22H27N3O3/c1-6-16-7-9-17(10-8-16)22-23-21(28-24-22)14-25(3)13-18-12-20(27-5)19(26-4)11-15(18)2/h7-12H,6,13-14H2,1-5H3/p+1. The van der Waals surface area contributed by atoms with E-state index < -0.39 is 0 Å². The summed E-state index contributed by atoms with van der Waals surface area (Å²) in [5, 5.41) is 4.13. The second-order valence-electron chi connectivity index (χ2n) is 7.01. The largest absolute Gasteiger partial charge is 0.493 e. The molecule has 6 heteroatoms. The summed E-state index contributed by atoms with van der Waals surface area (Å²) < 4.78 is 16.3. The summed E-state index contributed by atoms with van der Waals surface area (Å²) in [6.45, 7) is 5.68. The first kappa shape index (κ1) is 19.9. The van der Waals surface area contributed by atoms with Gasteiger partial charge in [-0.3, -0.25) is 0 Å². The molecule has 0 spiro atoms. The van der Waals surface area contributed by atoms with Crippen molar-refractivity contribution in [3.8, 4) is 22.9 Å². The highest BCUT2D eigenvalue weighted by molar-refractivity contribution is 5.54. The van der Waals surface area contributed by atoms with E-state index in [1.54, 1.807) is 14.2 Å². The Labute approximate surface area is 166 Å². The van der Waals surface area contributed by atoms with E-state index in [0.717, 1.165) is 30.0 Å². The van der Waals surface area contributed by atoms with Gasteiger partial charge in [-0.05, 0) is 36.6 Å². The number of hydrogen-bond acceptors (Lipinski definition) is 5.